The SMILES string of the molecule is C[C@]12Cc3cnn(-c4ccc(F)cc4)c3C=C1CCC[C@@H]2CO. The normalized spacial score (nSPS) is 26.4. The summed E-state index contributed by atoms with van der Waals surface area (Å²) in [6.45, 7) is 2.52. The molecule has 2 atom stereocenters. The summed E-state index contributed by atoms with van der Waals surface area (Å²) in [4.78, 5) is 0. The summed E-state index contributed by atoms with van der Waals surface area (Å²) in [5.74, 6) is 0.0867. The number of hydrogen-bond donors (Lipinski definition) is 1. The maximum absolute atomic E-state index is 13.2. The maximum atomic E-state index is 13.2. The van der Waals surface area contributed by atoms with E-state index in [0.717, 1.165) is 37.1 Å². The second-order valence-electron chi connectivity index (χ2n) is 6.98. The number of benzene rings is 1. The lowest BCUT2D eigenvalue weighted by atomic mass is 9.60. The van der Waals surface area contributed by atoms with Gasteiger partial charge in [-0.3, -0.25) is 0 Å². The van der Waals surface area contributed by atoms with E-state index in [4.69, 9.17) is 0 Å². The van der Waals surface area contributed by atoms with Crippen LogP contribution in [-0.2, 0) is 6.42 Å². The van der Waals surface area contributed by atoms with Crippen LogP contribution in [0.1, 0.15) is 37.4 Å². The van der Waals surface area contributed by atoms with Crippen molar-refractivity contribution in [2.75, 3.05) is 6.61 Å². The molecule has 2 aliphatic rings. The molecule has 0 unspecified atom stereocenters. The molecule has 0 bridgehead atoms. The number of hydrogen-bond acceptors (Lipinski definition) is 2. The van der Waals surface area contributed by atoms with Crippen molar-refractivity contribution in [3.63, 3.8) is 0 Å². The average molecular weight is 312 g/mol. The smallest absolute Gasteiger partial charge is 0.123 e. The molecule has 1 saturated carbocycles. The number of allylic oxidation sites excluding steroid dienone is 1. The molecule has 0 spiro atoms. The van der Waals surface area contributed by atoms with Gasteiger partial charge in [0.2, 0.25) is 0 Å². The Bertz CT molecular complexity index is 762. The third kappa shape index (κ3) is 2.24. The van der Waals surface area contributed by atoms with Gasteiger partial charge in [0.25, 0.3) is 0 Å². The zero-order valence-electron chi connectivity index (χ0n) is 13.3. The van der Waals surface area contributed by atoms with Crippen LogP contribution in [0.2, 0.25) is 0 Å². The van der Waals surface area contributed by atoms with Gasteiger partial charge in [0.15, 0.2) is 0 Å². The largest absolute Gasteiger partial charge is 0.396 e. The van der Waals surface area contributed by atoms with Crippen molar-refractivity contribution >= 4 is 6.08 Å². The van der Waals surface area contributed by atoms with Crippen LogP contribution in [0.25, 0.3) is 11.8 Å². The van der Waals surface area contributed by atoms with Gasteiger partial charge >= 0.3 is 0 Å². The fourth-order valence-electron chi connectivity index (χ4n) is 4.22. The molecule has 1 aromatic heterocycles. The molecule has 2 aliphatic carbocycles. The van der Waals surface area contributed by atoms with E-state index in [9.17, 15) is 9.50 Å². The molecule has 1 N–H and O–H groups in total. The number of fused-ring (bicyclic) bond motifs is 2. The Labute approximate surface area is 135 Å². The van der Waals surface area contributed by atoms with Gasteiger partial charge in [-0.2, -0.15) is 5.10 Å². The summed E-state index contributed by atoms with van der Waals surface area (Å²) in [6, 6.07) is 6.44. The van der Waals surface area contributed by atoms with Crippen molar-refractivity contribution in [2.45, 2.75) is 32.6 Å². The molecule has 1 aromatic carbocycles. The number of aliphatic hydroxyl groups is 1. The average Bonchev–Trinajstić information content (AvgIpc) is 2.94. The fourth-order valence-corrected chi connectivity index (χ4v) is 4.22. The van der Waals surface area contributed by atoms with Crippen molar-refractivity contribution in [2.24, 2.45) is 11.3 Å². The molecule has 1 fully saturated rings. The van der Waals surface area contributed by atoms with Gasteiger partial charge in [-0.05, 0) is 72.9 Å². The zero-order valence-corrected chi connectivity index (χ0v) is 13.3. The lowest BCUT2D eigenvalue weighted by Crippen LogP contribution is -2.38. The van der Waals surface area contributed by atoms with Gasteiger partial charge < -0.3 is 5.11 Å². The van der Waals surface area contributed by atoms with Gasteiger partial charge in [0.1, 0.15) is 5.82 Å². The van der Waals surface area contributed by atoms with Crippen LogP contribution in [0.3, 0.4) is 0 Å². The minimum absolute atomic E-state index is 0.0384. The lowest BCUT2D eigenvalue weighted by Gasteiger charge is -2.45. The predicted molar refractivity (Wildman–Crippen MR) is 87.7 cm³/mol. The van der Waals surface area contributed by atoms with E-state index >= 15 is 0 Å². The first-order valence-corrected chi connectivity index (χ1v) is 8.26. The van der Waals surface area contributed by atoms with Crippen molar-refractivity contribution < 1.29 is 9.50 Å². The van der Waals surface area contributed by atoms with Gasteiger partial charge in [0.05, 0.1) is 17.6 Å². The summed E-state index contributed by atoms with van der Waals surface area (Å²) in [5, 5.41) is 14.3. The number of nitrogens with zero attached hydrogens (tertiary/aromatic N) is 2. The molecule has 0 radical (unpaired) electrons. The van der Waals surface area contributed by atoms with E-state index in [2.05, 4.69) is 18.1 Å². The summed E-state index contributed by atoms with van der Waals surface area (Å²) >= 11 is 0. The standard InChI is InChI=1S/C19H21FN2O/c1-19-10-13-11-21-22(17-7-5-16(20)6-8-17)18(13)9-14(19)3-2-4-15(19)12-23/h5-9,11,15,23H,2-4,10,12H2,1H3/t15-,19+/m1/s1. The predicted octanol–water partition coefficient (Wildman–Crippen LogP) is 3.75. The minimum Gasteiger partial charge on any atom is -0.396 e. The Kier molecular flexibility index (Phi) is 3.38. The molecular formula is C19H21FN2O. The molecule has 3 nitrogen and oxygen atoms in total. The molecule has 0 saturated heterocycles. The second kappa shape index (κ2) is 5.31. The van der Waals surface area contributed by atoms with Gasteiger partial charge in [-0.25, -0.2) is 9.07 Å². The summed E-state index contributed by atoms with van der Waals surface area (Å²) in [7, 11) is 0. The Balaban J connectivity index is 1.79. The molecule has 23 heavy (non-hydrogen) atoms. The number of aliphatic hydroxyl groups excluding tert-OH is 1. The van der Waals surface area contributed by atoms with Crippen LogP contribution in [0.5, 0.6) is 0 Å². The van der Waals surface area contributed by atoms with Crippen LogP contribution < -0.4 is 0 Å². The van der Waals surface area contributed by atoms with Crippen LogP contribution >= 0.6 is 0 Å². The van der Waals surface area contributed by atoms with Gasteiger partial charge in [0, 0.05) is 6.61 Å². The molecule has 120 valence electrons. The highest BCUT2D eigenvalue weighted by Gasteiger charge is 2.42. The van der Waals surface area contributed by atoms with Crippen molar-refractivity contribution in [3.05, 3.63) is 53.1 Å². The fraction of sp³-hybridized carbons (Fsp3) is 0.421. The Hall–Kier alpha value is -1.94. The molecule has 4 rings (SSSR count). The molecule has 0 aliphatic heterocycles. The number of halogens is 1. The molecule has 4 heteroatoms. The maximum Gasteiger partial charge on any atom is 0.123 e. The highest BCUT2D eigenvalue weighted by atomic mass is 19.1. The molecular weight excluding hydrogens is 291 g/mol. The highest BCUT2D eigenvalue weighted by Crippen LogP contribution is 2.50. The monoisotopic (exact) mass is 312 g/mol. The summed E-state index contributed by atoms with van der Waals surface area (Å²) in [6.07, 6.45) is 8.39. The Morgan fingerprint density at radius 3 is 2.87 bits per heavy atom. The zero-order chi connectivity index (χ0) is 16.0. The summed E-state index contributed by atoms with van der Waals surface area (Å²) < 4.78 is 15.0. The van der Waals surface area contributed by atoms with Crippen LogP contribution in [0, 0.1) is 17.2 Å². The molecule has 0 amide bonds. The van der Waals surface area contributed by atoms with Gasteiger partial charge in [-0.15, -0.1) is 0 Å². The third-order valence-electron chi connectivity index (χ3n) is 5.68. The van der Waals surface area contributed by atoms with E-state index in [1.165, 1.54) is 23.3 Å². The van der Waals surface area contributed by atoms with Crippen molar-refractivity contribution in [1.82, 2.24) is 9.78 Å². The van der Waals surface area contributed by atoms with Crippen LogP contribution in [-0.4, -0.2) is 21.5 Å². The Morgan fingerprint density at radius 1 is 1.35 bits per heavy atom. The molecule has 1 heterocycles. The molecule has 2 aromatic rings. The minimum atomic E-state index is -0.237. The first-order chi connectivity index (χ1) is 11.1. The number of rotatable bonds is 2. The van der Waals surface area contributed by atoms with E-state index in [1.54, 1.807) is 12.1 Å². The third-order valence-corrected chi connectivity index (χ3v) is 5.68. The van der Waals surface area contributed by atoms with Gasteiger partial charge in [-0.1, -0.05) is 12.5 Å². The first kappa shape index (κ1) is 14.6. The van der Waals surface area contributed by atoms with E-state index < -0.39 is 0 Å². The van der Waals surface area contributed by atoms with E-state index in [0.29, 0.717) is 5.92 Å². The van der Waals surface area contributed by atoms with E-state index in [1.807, 2.05) is 10.9 Å². The van der Waals surface area contributed by atoms with Crippen molar-refractivity contribution in [3.8, 4) is 5.69 Å². The summed E-state index contributed by atoms with van der Waals surface area (Å²) in [5.41, 5.74) is 4.64. The van der Waals surface area contributed by atoms with Crippen LogP contribution in [0.4, 0.5) is 4.39 Å². The second-order valence-corrected chi connectivity index (χ2v) is 6.98. The lowest BCUT2D eigenvalue weighted by molar-refractivity contribution is 0.100. The van der Waals surface area contributed by atoms with Crippen LogP contribution in [0.15, 0.2) is 36.0 Å². The van der Waals surface area contributed by atoms with Crippen molar-refractivity contribution in [1.29, 1.82) is 0 Å². The topological polar surface area (TPSA) is 38.0 Å². The van der Waals surface area contributed by atoms with E-state index in [-0.39, 0.29) is 17.8 Å². The quantitative estimate of drug-likeness (QED) is 0.917. The first-order valence-electron chi connectivity index (χ1n) is 8.26. The highest BCUT2D eigenvalue weighted by molar-refractivity contribution is 5.61. The Morgan fingerprint density at radius 2 is 2.13 bits per heavy atom. The number of aromatic nitrogens is 2.